The average molecular weight is 524 g/mol. The van der Waals surface area contributed by atoms with Crippen molar-refractivity contribution in [2.24, 2.45) is 5.73 Å². The van der Waals surface area contributed by atoms with Gasteiger partial charge in [0.2, 0.25) is 17.5 Å². The molecule has 4 heterocycles. The number of anilines is 1. The number of nitrogens with one attached hydrogen (secondary N) is 2. The van der Waals surface area contributed by atoms with E-state index in [-0.39, 0.29) is 5.76 Å². The fourth-order valence-electron chi connectivity index (χ4n) is 4.87. The molecule has 1 aliphatic heterocycles. The number of halogens is 1. The molecule has 2 atom stereocenters. The summed E-state index contributed by atoms with van der Waals surface area (Å²) in [6.07, 6.45) is 0.877. The highest BCUT2D eigenvalue weighted by Crippen LogP contribution is 2.37. The maximum Gasteiger partial charge on any atom is 0.286 e. The van der Waals surface area contributed by atoms with Crippen LogP contribution in [0.2, 0.25) is 5.15 Å². The first-order chi connectivity index (χ1) is 17.8. The number of nitrogens with two attached hydrogens (primary N) is 1. The van der Waals surface area contributed by atoms with Gasteiger partial charge in [-0.25, -0.2) is 9.97 Å². The molecule has 1 saturated heterocycles. The lowest BCUT2D eigenvalue weighted by atomic mass is 10.1. The fraction of sp³-hybridized carbons (Fsp3) is 0.385. The van der Waals surface area contributed by atoms with E-state index in [1.165, 1.54) is 0 Å². The van der Waals surface area contributed by atoms with E-state index in [0.717, 1.165) is 30.3 Å². The number of pyridine rings is 1. The lowest BCUT2D eigenvalue weighted by Gasteiger charge is -2.35. The number of nitrogens with zero attached hydrogens (tertiary/aromatic N) is 4. The number of piperazine rings is 1. The number of rotatable bonds is 8. The number of carbonyl (C=O) groups excluding carboxylic acids is 1. The van der Waals surface area contributed by atoms with Gasteiger partial charge in [0.1, 0.15) is 16.6 Å². The Balaban J connectivity index is 1.43. The summed E-state index contributed by atoms with van der Waals surface area (Å²) >= 11 is 6.30. The summed E-state index contributed by atoms with van der Waals surface area (Å²) in [4.78, 5) is 27.9. The summed E-state index contributed by atoms with van der Waals surface area (Å²) in [6, 6.07) is 9.56. The summed E-state index contributed by atoms with van der Waals surface area (Å²) in [7, 11) is 0. The summed E-state index contributed by atoms with van der Waals surface area (Å²) in [5, 5.41) is 8.67. The largest absolute Gasteiger partial charge is 0.449 e. The number of benzene rings is 1. The minimum Gasteiger partial charge on any atom is -0.449 e. The molecule has 0 aliphatic carbocycles. The Bertz CT molecular complexity index is 1450. The van der Waals surface area contributed by atoms with Gasteiger partial charge in [0.05, 0.1) is 23.1 Å². The van der Waals surface area contributed by atoms with Crippen molar-refractivity contribution in [1.82, 2.24) is 25.2 Å². The highest BCUT2D eigenvalue weighted by molar-refractivity contribution is 6.29. The van der Waals surface area contributed by atoms with Gasteiger partial charge in [0, 0.05) is 49.2 Å². The second-order valence-electron chi connectivity index (χ2n) is 9.46. The van der Waals surface area contributed by atoms with Crippen molar-refractivity contribution < 1.29 is 13.9 Å². The highest BCUT2D eigenvalue weighted by atomic mass is 35.5. The van der Waals surface area contributed by atoms with Crippen LogP contribution < -0.4 is 21.1 Å². The average Bonchev–Trinajstić information content (AvgIpc) is 3.21. The molecule has 0 spiro atoms. The number of fused-ring (bicyclic) bond motifs is 3. The van der Waals surface area contributed by atoms with Crippen molar-refractivity contribution in [3.63, 3.8) is 0 Å². The lowest BCUT2D eigenvalue weighted by molar-refractivity contribution is 0.0977. The molecule has 1 aromatic carbocycles. The third-order valence-corrected chi connectivity index (χ3v) is 6.39. The lowest BCUT2D eigenvalue weighted by Crippen LogP contribution is -2.53. The predicted octanol–water partition coefficient (Wildman–Crippen LogP) is 4.32. The minimum atomic E-state index is -0.628. The normalized spacial score (nSPS) is 18.4. The van der Waals surface area contributed by atoms with Gasteiger partial charge >= 0.3 is 0 Å². The van der Waals surface area contributed by atoms with Gasteiger partial charge in [-0.05, 0) is 38.5 Å². The van der Waals surface area contributed by atoms with Crippen LogP contribution in [-0.4, -0.2) is 57.5 Å². The monoisotopic (exact) mass is 523 g/mol. The molecule has 37 heavy (non-hydrogen) atoms. The third kappa shape index (κ3) is 5.46. The molecule has 5 rings (SSSR count). The van der Waals surface area contributed by atoms with Crippen LogP contribution in [0.1, 0.15) is 43.6 Å². The van der Waals surface area contributed by atoms with Gasteiger partial charge in [0.15, 0.2) is 0 Å². The highest BCUT2D eigenvalue weighted by Gasteiger charge is 2.23. The molecular weight excluding hydrogens is 494 g/mol. The number of carbonyl (C=O) groups is 1. The number of amides is 1. The van der Waals surface area contributed by atoms with Gasteiger partial charge in [-0.15, -0.1) is 0 Å². The summed E-state index contributed by atoms with van der Waals surface area (Å²) < 4.78 is 11.8. The van der Waals surface area contributed by atoms with Crippen LogP contribution in [0.15, 0.2) is 34.7 Å². The van der Waals surface area contributed by atoms with E-state index in [9.17, 15) is 4.79 Å². The Morgan fingerprint density at radius 2 is 1.97 bits per heavy atom. The van der Waals surface area contributed by atoms with Gasteiger partial charge in [-0.3, -0.25) is 9.69 Å². The molecule has 0 bridgehead atoms. The summed E-state index contributed by atoms with van der Waals surface area (Å²) in [6.45, 7) is 9.41. The Kier molecular flexibility index (Phi) is 7.14. The van der Waals surface area contributed by atoms with E-state index in [4.69, 9.17) is 26.5 Å². The van der Waals surface area contributed by atoms with Gasteiger partial charge < -0.3 is 25.5 Å². The van der Waals surface area contributed by atoms with Gasteiger partial charge in [-0.1, -0.05) is 18.5 Å². The molecule has 11 heteroatoms. The maximum atomic E-state index is 12.0. The molecule has 0 saturated carbocycles. The number of ether oxygens (including phenoxy) is 1. The zero-order valence-electron chi connectivity index (χ0n) is 21.0. The number of aromatic nitrogens is 3. The topological polar surface area (TPSA) is 131 Å². The smallest absolute Gasteiger partial charge is 0.286 e. The van der Waals surface area contributed by atoms with Gasteiger partial charge in [-0.2, -0.15) is 4.98 Å². The number of primary amides is 1. The number of furan rings is 1. The van der Waals surface area contributed by atoms with E-state index in [1.54, 1.807) is 18.2 Å². The second-order valence-corrected chi connectivity index (χ2v) is 9.85. The molecule has 4 N–H and O–H groups in total. The first-order valence-corrected chi connectivity index (χ1v) is 12.8. The van der Waals surface area contributed by atoms with Crippen LogP contribution in [0.5, 0.6) is 11.8 Å². The maximum absolute atomic E-state index is 12.0. The van der Waals surface area contributed by atoms with Crippen molar-refractivity contribution in [3.8, 4) is 11.8 Å². The number of hydrogen-bond acceptors (Lipinski definition) is 9. The second kappa shape index (κ2) is 10.5. The molecule has 1 aliphatic rings. The van der Waals surface area contributed by atoms with Crippen LogP contribution >= 0.6 is 11.6 Å². The molecule has 3 aromatic heterocycles. The predicted molar refractivity (Wildman–Crippen MR) is 143 cm³/mol. The standard InChI is InChI=1S/C26H30ClN7O3/c1-4-9-29-24-23-16-5-8-21(31-17(16)6-7-18(23)36-25(24)26(28)35)37-22-10-19(27)32-20(33-22)13-34-11-14(2)30-15(3)12-34/h5-8,10,14-15,29-30H,4,9,11-13H2,1-3H3,(H2,28,35). The molecular formula is C26H30ClN7O3. The minimum absolute atomic E-state index is 0.104. The first-order valence-electron chi connectivity index (χ1n) is 12.4. The molecule has 0 radical (unpaired) electrons. The molecule has 4 aromatic rings. The van der Waals surface area contributed by atoms with Crippen LogP contribution in [-0.2, 0) is 6.54 Å². The Hall–Kier alpha value is -3.47. The first kappa shape index (κ1) is 25.2. The van der Waals surface area contributed by atoms with Crippen LogP contribution in [0.4, 0.5) is 5.69 Å². The van der Waals surface area contributed by atoms with E-state index in [0.29, 0.717) is 64.7 Å². The van der Waals surface area contributed by atoms with Crippen LogP contribution in [0.3, 0.4) is 0 Å². The number of hydrogen-bond donors (Lipinski definition) is 3. The Morgan fingerprint density at radius 1 is 1.19 bits per heavy atom. The van der Waals surface area contributed by atoms with E-state index >= 15 is 0 Å². The van der Waals surface area contributed by atoms with Crippen molar-refractivity contribution in [2.45, 2.75) is 45.8 Å². The van der Waals surface area contributed by atoms with E-state index < -0.39 is 5.91 Å². The SMILES string of the molecule is CCCNc1c(C(N)=O)oc2ccc3nc(Oc4cc(Cl)nc(CN5CC(C)NC(C)C5)n4)ccc3c12. The van der Waals surface area contributed by atoms with Crippen molar-refractivity contribution in [1.29, 1.82) is 0 Å². The van der Waals surface area contributed by atoms with Gasteiger partial charge in [0.25, 0.3) is 5.91 Å². The molecule has 10 nitrogen and oxygen atoms in total. The Morgan fingerprint density at radius 3 is 2.70 bits per heavy atom. The molecule has 2 unspecified atom stereocenters. The molecule has 194 valence electrons. The van der Waals surface area contributed by atoms with Crippen molar-refractivity contribution in [3.05, 3.63) is 47.1 Å². The zero-order chi connectivity index (χ0) is 26.1. The fourth-order valence-corrected chi connectivity index (χ4v) is 5.06. The van der Waals surface area contributed by atoms with Crippen molar-refractivity contribution >= 4 is 45.1 Å². The summed E-state index contributed by atoms with van der Waals surface area (Å²) in [5.74, 6) is 0.752. The Labute approximate surface area is 219 Å². The quantitative estimate of drug-likeness (QED) is 0.289. The van der Waals surface area contributed by atoms with E-state index in [1.807, 2.05) is 19.1 Å². The molecule has 1 amide bonds. The van der Waals surface area contributed by atoms with Crippen molar-refractivity contribution in [2.75, 3.05) is 25.0 Å². The zero-order valence-corrected chi connectivity index (χ0v) is 21.8. The molecule has 1 fully saturated rings. The van der Waals surface area contributed by atoms with Crippen LogP contribution in [0, 0.1) is 0 Å². The van der Waals surface area contributed by atoms with Crippen LogP contribution in [0.25, 0.3) is 21.9 Å². The summed E-state index contributed by atoms with van der Waals surface area (Å²) in [5.41, 5.74) is 7.37. The van der Waals surface area contributed by atoms with E-state index in [2.05, 4.69) is 44.3 Å². The third-order valence-electron chi connectivity index (χ3n) is 6.20.